The number of aromatic nitrogens is 2. The van der Waals surface area contributed by atoms with Crippen LogP contribution in [0.15, 0.2) is 55.1 Å². The van der Waals surface area contributed by atoms with Gasteiger partial charge in [0.1, 0.15) is 11.9 Å². The number of aliphatic hydroxyl groups is 1. The average molecular weight is 414 g/mol. The number of aryl methyl sites for hydroxylation is 2. The van der Waals surface area contributed by atoms with Gasteiger partial charge in [-0.05, 0) is 66.5 Å². The standard InChI is InChI=1S/C27H31N3O/c1-18-13-21(26(6,7)16-28)9-10-23(18)20-8-11-24(19(2)12-20)27(31,25(3,4)5)22-14-29-17-30-15-22/h8-15,17,31H,1-7H3. The fourth-order valence-corrected chi connectivity index (χ4v) is 4.16. The molecule has 1 N–H and O–H groups in total. The van der Waals surface area contributed by atoms with Gasteiger partial charge >= 0.3 is 0 Å². The number of hydrogen-bond donors (Lipinski definition) is 1. The van der Waals surface area contributed by atoms with Gasteiger partial charge in [0.05, 0.1) is 11.5 Å². The van der Waals surface area contributed by atoms with E-state index in [9.17, 15) is 10.4 Å². The maximum atomic E-state index is 11.9. The summed E-state index contributed by atoms with van der Waals surface area (Å²) in [4.78, 5) is 8.27. The van der Waals surface area contributed by atoms with E-state index in [2.05, 4.69) is 47.2 Å². The Morgan fingerprint density at radius 2 is 1.48 bits per heavy atom. The van der Waals surface area contributed by atoms with E-state index in [0.29, 0.717) is 5.56 Å². The lowest BCUT2D eigenvalue weighted by molar-refractivity contribution is -0.0269. The smallest absolute Gasteiger partial charge is 0.123 e. The SMILES string of the molecule is Cc1cc(C(C)(C)C#N)ccc1-c1ccc(C(O)(c2cncnc2)C(C)(C)C)c(C)c1. The fourth-order valence-electron chi connectivity index (χ4n) is 4.16. The molecule has 0 aliphatic rings. The highest BCUT2D eigenvalue weighted by Crippen LogP contribution is 2.46. The van der Waals surface area contributed by atoms with Crippen molar-refractivity contribution in [3.63, 3.8) is 0 Å². The molecule has 1 heterocycles. The van der Waals surface area contributed by atoms with Gasteiger partial charge in [0.25, 0.3) is 0 Å². The van der Waals surface area contributed by atoms with Crippen molar-refractivity contribution in [2.45, 2.75) is 59.5 Å². The van der Waals surface area contributed by atoms with E-state index in [1.165, 1.54) is 6.33 Å². The molecule has 0 radical (unpaired) electrons. The Balaban J connectivity index is 2.11. The first-order valence-electron chi connectivity index (χ1n) is 10.5. The predicted octanol–water partition coefficient (Wildman–Crippen LogP) is 5.84. The first-order chi connectivity index (χ1) is 14.4. The topological polar surface area (TPSA) is 69.8 Å². The van der Waals surface area contributed by atoms with Crippen LogP contribution < -0.4 is 0 Å². The van der Waals surface area contributed by atoms with Gasteiger partial charge in [-0.2, -0.15) is 5.26 Å². The van der Waals surface area contributed by atoms with Crippen molar-refractivity contribution in [2.24, 2.45) is 5.41 Å². The lowest BCUT2D eigenvalue weighted by Crippen LogP contribution is -2.42. The van der Waals surface area contributed by atoms with Crippen molar-refractivity contribution in [1.82, 2.24) is 9.97 Å². The van der Waals surface area contributed by atoms with Crippen molar-refractivity contribution in [3.05, 3.63) is 82.9 Å². The number of benzene rings is 2. The summed E-state index contributed by atoms with van der Waals surface area (Å²) >= 11 is 0. The molecule has 0 spiro atoms. The molecule has 1 unspecified atom stereocenters. The number of nitriles is 1. The van der Waals surface area contributed by atoms with E-state index in [1.54, 1.807) is 12.4 Å². The van der Waals surface area contributed by atoms with E-state index in [-0.39, 0.29) is 0 Å². The van der Waals surface area contributed by atoms with Gasteiger partial charge < -0.3 is 5.11 Å². The molecule has 3 rings (SSSR count). The zero-order valence-electron chi connectivity index (χ0n) is 19.5. The fraction of sp³-hybridized carbons (Fsp3) is 0.370. The van der Waals surface area contributed by atoms with Crippen LogP contribution in [0.3, 0.4) is 0 Å². The van der Waals surface area contributed by atoms with Gasteiger partial charge in [-0.25, -0.2) is 9.97 Å². The third kappa shape index (κ3) is 3.98. The van der Waals surface area contributed by atoms with Crippen molar-refractivity contribution >= 4 is 0 Å². The second-order valence-electron chi connectivity index (χ2n) is 9.88. The third-order valence-electron chi connectivity index (χ3n) is 6.22. The minimum Gasteiger partial charge on any atom is -0.380 e. The van der Waals surface area contributed by atoms with Crippen LogP contribution in [0, 0.1) is 30.6 Å². The molecule has 0 fully saturated rings. The molecule has 1 atom stereocenters. The van der Waals surface area contributed by atoms with Crippen LogP contribution in [0.4, 0.5) is 0 Å². The van der Waals surface area contributed by atoms with Gasteiger partial charge in [0.15, 0.2) is 0 Å². The maximum absolute atomic E-state index is 11.9. The Bertz CT molecular complexity index is 1140. The van der Waals surface area contributed by atoms with Gasteiger partial charge in [-0.1, -0.05) is 57.2 Å². The summed E-state index contributed by atoms with van der Waals surface area (Å²) in [6.07, 6.45) is 4.85. The highest BCUT2D eigenvalue weighted by molar-refractivity contribution is 5.69. The molecule has 31 heavy (non-hydrogen) atoms. The minimum absolute atomic E-state index is 0.468. The zero-order valence-corrected chi connectivity index (χ0v) is 19.5. The summed E-state index contributed by atoms with van der Waals surface area (Å²) in [6.45, 7) is 14.0. The molecule has 0 aliphatic carbocycles. The lowest BCUT2D eigenvalue weighted by atomic mass is 9.67. The van der Waals surface area contributed by atoms with Crippen LogP contribution in [0.5, 0.6) is 0 Å². The largest absolute Gasteiger partial charge is 0.380 e. The van der Waals surface area contributed by atoms with Crippen molar-refractivity contribution in [1.29, 1.82) is 5.26 Å². The maximum Gasteiger partial charge on any atom is 0.123 e. The summed E-state index contributed by atoms with van der Waals surface area (Å²) in [5.74, 6) is 0. The van der Waals surface area contributed by atoms with Crippen LogP contribution in [0.1, 0.15) is 62.4 Å². The third-order valence-corrected chi connectivity index (χ3v) is 6.22. The molecule has 0 aliphatic heterocycles. The highest BCUT2D eigenvalue weighted by Gasteiger charge is 2.44. The Hall–Kier alpha value is -3.03. The molecule has 0 saturated heterocycles. The summed E-state index contributed by atoms with van der Waals surface area (Å²) in [5.41, 5.74) is 4.64. The van der Waals surface area contributed by atoms with Crippen molar-refractivity contribution < 1.29 is 5.11 Å². The predicted molar refractivity (Wildman–Crippen MR) is 124 cm³/mol. The van der Waals surface area contributed by atoms with Crippen LogP contribution in [0.2, 0.25) is 0 Å². The molecule has 0 bridgehead atoms. The summed E-state index contributed by atoms with van der Waals surface area (Å²) in [6, 6.07) is 14.8. The van der Waals surface area contributed by atoms with E-state index in [4.69, 9.17) is 0 Å². The Morgan fingerprint density at radius 1 is 0.839 bits per heavy atom. The second-order valence-corrected chi connectivity index (χ2v) is 9.88. The quantitative estimate of drug-likeness (QED) is 0.583. The van der Waals surface area contributed by atoms with Crippen molar-refractivity contribution in [3.8, 4) is 17.2 Å². The Labute approximate surface area is 185 Å². The second kappa shape index (κ2) is 7.90. The summed E-state index contributed by atoms with van der Waals surface area (Å²) in [7, 11) is 0. The van der Waals surface area contributed by atoms with Gasteiger partial charge in [0, 0.05) is 18.0 Å². The van der Waals surface area contributed by atoms with Gasteiger partial charge in [0.2, 0.25) is 0 Å². The Morgan fingerprint density at radius 3 is 2.00 bits per heavy atom. The van der Waals surface area contributed by atoms with Crippen molar-refractivity contribution in [2.75, 3.05) is 0 Å². The average Bonchev–Trinajstić information content (AvgIpc) is 2.72. The van der Waals surface area contributed by atoms with Crippen LogP contribution in [-0.4, -0.2) is 15.1 Å². The summed E-state index contributed by atoms with van der Waals surface area (Å²) < 4.78 is 0. The molecule has 3 aromatic rings. The lowest BCUT2D eigenvalue weighted by Gasteiger charge is -2.41. The number of nitrogens with zero attached hydrogens (tertiary/aromatic N) is 3. The molecule has 160 valence electrons. The molecule has 2 aromatic carbocycles. The summed E-state index contributed by atoms with van der Waals surface area (Å²) in [5, 5.41) is 21.4. The Kier molecular flexibility index (Phi) is 5.78. The number of rotatable bonds is 4. The highest BCUT2D eigenvalue weighted by atomic mass is 16.3. The molecule has 0 saturated carbocycles. The molecule has 4 nitrogen and oxygen atoms in total. The molecule has 1 aromatic heterocycles. The molecular formula is C27H31N3O. The molecule has 0 amide bonds. The van der Waals surface area contributed by atoms with E-state index in [0.717, 1.165) is 33.4 Å². The normalized spacial score (nSPS) is 14.0. The van der Waals surface area contributed by atoms with E-state index < -0.39 is 16.4 Å². The van der Waals surface area contributed by atoms with Gasteiger partial charge in [-0.3, -0.25) is 0 Å². The number of hydrogen-bond acceptors (Lipinski definition) is 4. The van der Waals surface area contributed by atoms with Crippen LogP contribution in [-0.2, 0) is 11.0 Å². The van der Waals surface area contributed by atoms with Crippen LogP contribution in [0.25, 0.3) is 11.1 Å². The first kappa shape index (κ1) is 22.7. The molecular weight excluding hydrogens is 382 g/mol. The van der Waals surface area contributed by atoms with Crippen LogP contribution >= 0.6 is 0 Å². The zero-order chi connectivity index (χ0) is 23.0. The monoisotopic (exact) mass is 413 g/mol. The van der Waals surface area contributed by atoms with Gasteiger partial charge in [-0.15, -0.1) is 0 Å². The first-order valence-corrected chi connectivity index (χ1v) is 10.5. The van der Waals surface area contributed by atoms with E-state index in [1.807, 2.05) is 53.7 Å². The van der Waals surface area contributed by atoms with E-state index >= 15 is 0 Å². The minimum atomic E-state index is -1.23. The molecule has 4 heteroatoms.